The molecular formula is C16H20N4O3. The van der Waals surface area contributed by atoms with Gasteiger partial charge in [0.2, 0.25) is 0 Å². The first-order valence-electron chi connectivity index (χ1n) is 7.68. The molecule has 0 bridgehead atoms. The number of carbonyl (C=O) groups is 2. The lowest BCUT2D eigenvalue weighted by atomic mass is 10.1. The van der Waals surface area contributed by atoms with E-state index in [4.69, 9.17) is 0 Å². The number of rotatable bonds is 3. The fourth-order valence-electron chi connectivity index (χ4n) is 2.84. The van der Waals surface area contributed by atoms with Crippen LogP contribution in [0.15, 0.2) is 35.4 Å². The molecule has 1 fully saturated rings. The highest BCUT2D eigenvalue weighted by atomic mass is 16.4. The Morgan fingerprint density at radius 1 is 1.13 bits per heavy atom. The first-order chi connectivity index (χ1) is 11.1. The number of hydrazone groups is 1. The second kappa shape index (κ2) is 6.37. The second-order valence-corrected chi connectivity index (χ2v) is 5.88. The van der Waals surface area contributed by atoms with E-state index >= 15 is 0 Å². The van der Waals surface area contributed by atoms with Gasteiger partial charge in [-0.15, -0.1) is 0 Å². The molecule has 0 saturated carbocycles. The van der Waals surface area contributed by atoms with Crippen LogP contribution in [0.2, 0.25) is 0 Å². The maximum atomic E-state index is 12.6. The molecule has 0 spiro atoms. The Balaban J connectivity index is 1.80. The van der Waals surface area contributed by atoms with Gasteiger partial charge < -0.3 is 14.9 Å². The Morgan fingerprint density at radius 3 is 2.39 bits per heavy atom. The molecule has 0 aromatic heterocycles. The minimum Gasteiger partial charge on any atom is -0.480 e. The van der Waals surface area contributed by atoms with Crippen LogP contribution in [0.3, 0.4) is 0 Å². The molecule has 1 aromatic rings. The van der Waals surface area contributed by atoms with Crippen molar-refractivity contribution in [2.45, 2.75) is 12.5 Å². The number of nitrogens with zero attached hydrogens (tertiary/aromatic N) is 4. The van der Waals surface area contributed by atoms with E-state index in [1.165, 1.54) is 5.01 Å². The van der Waals surface area contributed by atoms with Crippen LogP contribution < -0.4 is 5.01 Å². The van der Waals surface area contributed by atoms with E-state index in [9.17, 15) is 14.7 Å². The summed E-state index contributed by atoms with van der Waals surface area (Å²) >= 11 is 0. The quantitative estimate of drug-likeness (QED) is 0.878. The molecule has 1 N–H and O–H groups in total. The molecule has 1 atom stereocenters. The lowest BCUT2D eigenvalue weighted by molar-refractivity contribution is -0.138. The first-order valence-corrected chi connectivity index (χ1v) is 7.68. The van der Waals surface area contributed by atoms with Crippen molar-refractivity contribution in [1.82, 2.24) is 9.80 Å². The van der Waals surface area contributed by atoms with Crippen LogP contribution >= 0.6 is 0 Å². The van der Waals surface area contributed by atoms with Crippen LogP contribution in [-0.4, -0.2) is 71.8 Å². The van der Waals surface area contributed by atoms with Crippen molar-refractivity contribution in [2.24, 2.45) is 5.10 Å². The summed E-state index contributed by atoms with van der Waals surface area (Å²) < 4.78 is 0. The fraction of sp³-hybridized carbons (Fsp3) is 0.438. The number of aliphatic carboxylic acids is 1. The van der Waals surface area contributed by atoms with Gasteiger partial charge in [0.05, 0.1) is 5.69 Å². The molecule has 2 heterocycles. The number of likely N-dealkylation sites (N-methyl/N-ethyl adjacent to an activating group) is 1. The molecule has 122 valence electrons. The van der Waals surface area contributed by atoms with Crippen LogP contribution in [-0.2, 0) is 9.59 Å². The van der Waals surface area contributed by atoms with Gasteiger partial charge in [-0.2, -0.15) is 5.10 Å². The number of carboxylic acids is 1. The standard InChI is InChI=1S/C16H20N4O3/c1-18-7-9-19(10-8-18)15(21)13-11-14(16(22)23)20(17-13)12-5-3-2-4-6-12/h2-6,14H,7-11H2,1H3,(H,22,23)/t14-/m1/s1. The average Bonchev–Trinajstić information content (AvgIpc) is 3.01. The monoisotopic (exact) mass is 316 g/mol. The molecule has 1 amide bonds. The third-order valence-corrected chi connectivity index (χ3v) is 4.25. The minimum atomic E-state index is -0.973. The lowest BCUT2D eigenvalue weighted by Crippen LogP contribution is -2.49. The third-order valence-electron chi connectivity index (χ3n) is 4.25. The lowest BCUT2D eigenvalue weighted by Gasteiger charge is -2.32. The molecular weight excluding hydrogens is 296 g/mol. The van der Waals surface area contributed by atoms with Gasteiger partial charge in [0.15, 0.2) is 6.04 Å². The number of carboxylic acid groups (broad SMARTS) is 1. The second-order valence-electron chi connectivity index (χ2n) is 5.88. The van der Waals surface area contributed by atoms with Crippen molar-refractivity contribution in [1.29, 1.82) is 0 Å². The Morgan fingerprint density at radius 2 is 1.78 bits per heavy atom. The third kappa shape index (κ3) is 3.19. The molecule has 0 unspecified atom stereocenters. The molecule has 1 aromatic carbocycles. The maximum Gasteiger partial charge on any atom is 0.328 e. The molecule has 0 radical (unpaired) electrons. The number of hydrogen-bond acceptors (Lipinski definition) is 5. The number of carbonyl (C=O) groups excluding carboxylic acids is 1. The van der Waals surface area contributed by atoms with Gasteiger partial charge in [-0.25, -0.2) is 4.79 Å². The number of piperazine rings is 1. The van der Waals surface area contributed by atoms with Crippen LogP contribution in [0, 0.1) is 0 Å². The van der Waals surface area contributed by atoms with Crippen molar-refractivity contribution >= 4 is 23.3 Å². The van der Waals surface area contributed by atoms with Gasteiger partial charge in [0.25, 0.3) is 5.91 Å². The van der Waals surface area contributed by atoms with Crippen LogP contribution in [0.4, 0.5) is 5.69 Å². The smallest absolute Gasteiger partial charge is 0.328 e. The van der Waals surface area contributed by atoms with E-state index in [0.29, 0.717) is 24.5 Å². The molecule has 7 nitrogen and oxygen atoms in total. The predicted molar refractivity (Wildman–Crippen MR) is 86.5 cm³/mol. The summed E-state index contributed by atoms with van der Waals surface area (Å²) in [4.78, 5) is 28.1. The molecule has 7 heteroatoms. The van der Waals surface area contributed by atoms with Crippen LogP contribution in [0.5, 0.6) is 0 Å². The summed E-state index contributed by atoms with van der Waals surface area (Å²) in [6.45, 7) is 2.95. The summed E-state index contributed by atoms with van der Waals surface area (Å²) in [5, 5.41) is 15.2. The summed E-state index contributed by atoms with van der Waals surface area (Å²) in [5.41, 5.74) is 1.01. The summed E-state index contributed by atoms with van der Waals surface area (Å²) in [6, 6.07) is 8.26. The first kappa shape index (κ1) is 15.5. The molecule has 2 aliphatic rings. The van der Waals surface area contributed by atoms with E-state index in [2.05, 4.69) is 10.0 Å². The van der Waals surface area contributed by atoms with E-state index in [0.717, 1.165) is 13.1 Å². The van der Waals surface area contributed by atoms with Gasteiger partial charge in [-0.05, 0) is 19.2 Å². The minimum absolute atomic E-state index is 0.134. The van der Waals surface area contributed by atoms with Crippen LogP contribution in [0.25, 0.3) is 0 Å². The summed E-state index contributed by atoms with van der Waals surface area (Å²) in [6.07, 6.45) is 0.134. The normalized spacial score (nSPS) is 22.1. The largest absolute Gasteiger partial charge is 0.480 e. The highest BCUT2D eigenvalue weighted by Crippen LogP contribution is 2.25. The molecule has 23 heavy (non-hydrogen) atoms. The molecule has 2 aliphatic heterocycles. The van der Waals surface area contributed by atoms with Crippen molar-refractivity contribution in [3.63, 3.8) is 0 Å². The number of amides is 1. The molecule has 3 rings (SSSR count). The highest BCUT2D eigenvalue weighted by molar-refractivity contribution is 6.40. The van der Waals surface area contributed by atoms with Crippen LogP contribution in [0.1, 0.15) is 6.42 Å². The van der Waals surface area contributed by atoms with Gasteiger partial charge in [-0.3, -0.25) is 9.80 Å². The summed E-state index contributed by atoms with van der Waals surface area (Å²) in [5.74, 6) is -1.12. The number of anilines is 1. The molecule has 0 aliphatic carbocycles. The highest BCUT2D eigenvalue weighted by Gasteiger charge is 2.37. The topological polar surface area (TPSA) is 76.5 Å². The SMILES string of the molecule is CN1CCN(C(=O)C2=NN(c3ccccc3)[C@@H](C(=O)O)C2)CC1. The van der Waals surface area contributed by atoms with Crippen molar-refractivity contribution in [3.05, 3.63) is 30.3 Å². The zero-order chi connectivity index (χ0) is 16.4. The average molecular weight is 316 g/mol. The van der Waals surface area contributed by atoms with Crippen molar-refractivity contribution in [3.8, 4) is 0 Å². The van der Waals surface area contributed by atoms with Crippen molar-refractivity contribution in [2.75, 3.05) is 38.2 Å². The van der Waals surface area contributed by atoms with E-state index in [1.807, 2.05) is 25.2 Å². The Hall–Kier alpha value is -2.41. The number of para-hydroxylation sites is 1. The van der Waals surface area contributed by atoms with Gasteiger partial charge in [0, 0.05) is 32.6 Å². The van der Waals surface area contributed by atoms with Gasteiger partial charge in [0.1, 0.15) is 5.71 Å². The maximum absolute atomic E-state index is 12.6. The van der Waals surface area contributed by atoms with Crippen molar-refractivity contribution < 1.29 is 14.7 Å². The van der Waals surface area contributed by atoms with E-state index < -0.39 is 12.0 Å². The van der Waals surface area contributed by atoms with E-state index in [-0.39, 0.29) is 12.3 Å². The van der Waals surface area contributed by atoms with Gasteiger partial charge in [-0.1, -0.05) is 18.2 Å². The predicted octanol–water partition coefficient (Wildman–Crippen LogP) is 0.480. The zero-order valence-corrected chi connectivity index (χ0v) is 13.1. The zero-order valence-electron chi connectivity index (χ0n) is 13.1. The van der Waals surface area contributed by atoms with Gasteiger partial charge >= 0.3 is 5.97 Å². The summed E-state index contributed by atoms with van der Waals surface area (Å²) in [7, 11) is 2.02. The van der Waals surface area contributed by atoms with E-state index in [1.54, 1.807) is 17.0 Å². The Kier molecular flexibility index (Phi) is 4.29. The Labute approximate surface area is 134 Å². The fourth-order valence-corrected chi connectivity index (χ4v) is 2.84. The molecule has 1 saturated heterocycles. The number of benzene rings is 1. The Bertz CT molecular complexity index is 623. The number of hydrogen-bond donors (Lipinski definition) is 1.